The Morgan fingerprint density at radius 2 is 2.12 bits per heavy atom. The van der Waals surface area contributed by atoms with Crippen molar-refractivity contribution in [3.05, 3.63) is 23.5 Å². The van der Waals surface area contributed by atoms with Crippen molar-refractivity contribution in [1.29, 1.82) is 0 Å². The molecule has 0 aliphatic rings. The summed E-state index contributed by atoms with van der Waals surface area (Å²) >= 11 is 0. The normalized spacial score (nSPS) is 11.6. The SMILES string of the molecule is Cc1cc(OCCC(F)(F)F)c(CO)cn1. The lowest BCUT2D eigenvalue weighted by Crippen LogP contribution is -2.13. The number of nitrogens with zero attached hydrogens (tertiary/aromatic N) is 1. The summed E-state index contributed by atoms with van der Waals surface area (Å²) in [4.78, 5) is 3.91. The third-order valence-corrected chi connectivity index (χ3v) is 1.89. The first-order valence-electron chi connectivity index (χ1n) is 4.68. The highest BCUT2D eigenvalue weighted by atomic mass is 19.4. The predicted molar refractivity (Wildman–Crippen MR) is 51.1 cm³/mol. The molecule has 1 aromatic rings. The number of aryl methyl sites for hydroxylation is 1. The molecule has 0 fully saturated rings. The second kappa shape index (κ2) is 5.16. The van der Waals surface area contributed by atoms with Gasteiger partial charge in [-0.3, -0.25) is 4.98 Å². The molecule has 0 bridgehead atoms. The average molecular weight is 235 g/mol. The molecule has 0 amide bonds. The van der Waals surface area contributed by atoms with Crippen LogP contribution in [-0.4, -0.2) is 22.9 Å². The van der Waals surface area contributed by atoms with Crippen molar-refractivity contribution in [3.63, 3.8) is 0 Å². The topological polar surface area (TPSA) is 42.4 Å². The molecule has 0 saturated heterocycles. The van der Waals surface area contributed by atoms with E-state index in [0.29, 0.717) is 11.3 Å². The van der Waals surface area contributed by atoms with Gasteiger partial charge in [-0.2, -0.15) is 13.2 Å². The van der Waals surface area contributed by atoms with Gasteiger partial charge in [0.1, 0.15) is 5.75 Å². The van der Waals surface area contributed by atoms with Crippen LogP contribution in [-0.2, 0) is 6.61 Å². The summed E-state index contributed by atoms with van der Waals surface area (Å²) in [5, 5.41) is 8.93. The van der Waals surface area contributed by atoms with E-state index >= 15 is 0 Å². The molecule has 0 aromatic carbocycles. The summed E-state index contributed by atoms with van der Waals surface area (Å²) in [6, 6.07) is 1.50. The van der Waals surface area contributed by atoms with Crippen LogP contribution < -0.4 is 4.74 Å². The van der Waals surface area contributed by atoms with E-state index < -0.39 is 19.2 Å². The van der Waals surface area contributed by atoms with Crippen LogP contribution in [0, 0.1) is 6.92 Å². The molecule has 1 N–H and O–H groups in total. The van der Waals surface area contributed by atoms with Crippen molar-refractivity contribution in [2.45, 2.75) is 26.1 Å². The standard InChI is InChI=1S/C10H12F3NO2/c1-7-4-9(8(6-15)5-14-7)16-3-2-10(11,12)13/h4-5,15H,2-3,6H2,1H3. The van der Waals surface area contributed by atoms with E-state index in [9.17, 15) is 13.2 Å². The first-order valence-corrected chi connectivity index (χ1v) is 4.68. The Labute approximate surface area is 90.9 Å². The second-order valence-corrected chi connectivity index (χ2v) is 3.31. The van der Waals surface area contributed by atoms with Crippen LogP contribution in [0.3, 0.4) is 0 Å². The van der Waals surface area contributed by atoms with Crippen LogP contribution in [0.25, 0.3) is 0 Å². The predicted octanol–water partition coefficient (Wildman–Crippen LogP) is 2.21. The van der Waals surface area contributed by atoms with E-state index in [1.165, 1.54) is 12.3 Å². The summed E-state index contributed by atoms with van der Waals surface area (Å²) in [6.45, 7) is 0.923. The number of aromatic nitrogens is 1. The quantitative estimate of drug-likeness (QED) is 0.870. The Balaban J connectivity index is 2.62. The van der Waals surface area contributed by atoms with Crippen molar-refractivity contribution in [3.8, 4) is 5.75 Å². The third kappa shape index (κ3) is 4.06. The maximum atomic E-state index is 11.9. The molecule has 3 nitrogen and oxygen atoms in total. The van der Waals surface area contributed by atoms with Gasteiger partial charge in [0.05, 0.1) is 19.6 Å². The van der Waals surface area contributed by atoms with Gasteiger partial charge in [0, 0.05) is 23.5 Å². The van der Waals surface area contributed by atoms with Crippen LogP contribution >= 0.6 is 0 Å². The van der Waals surface area contributed by atoms with Gasteiger partial charge in [-0.25, -0.2) is 0 Å². The van der Waals surface area contributed by atoms with Crippen molar-refractivity contribution >= 4 is 0 Å². The lowest BCUT2D eigenvalue weighted by atomic mass is 10.2. The lowest BCUT2D eigenvalue weighted by Gasteiger charge is -2.11. The highest BCUT2D eigenvalue weighted by Crippen LogP contribution is 2.22. The molecule has 0 spiro atoms. The average Bonchev–Trinajstić information content (AvgIpc) is 2.16. The van der Waals surface area contributed by atoms with Crippen molar-refractivity contribution in [1.82, 2.24) is 4.98 Å². The molecule has 0 radical (unpaired) electrons. The Hall–Kier alpha value is -1.30. The monoisotopic (exact) mass is 235 g/mol. The largest absolute Gasteiger partial charge is 0.493 e. The maximum absolute atomic E-state index is 11.9. The minimum atomic E-state index is -4.23. The molecular formula is C10H12F3NO2. The molecule has 0 saturated carbocycles. The minimum Gasteiger partial charge on any atom is -0.493 e. The highest BCUT2D eigenvalue weighted by molar-refractivity contribution is 5.32. The van der Waals surface area contributed by atoms with Crippen molar-refractivity contribution in [2.75, 3.05) is 6.61 Å². The van der Waals surface area contributed by atoms with Crippen LogP contribution in [0.4, 0.5) is 13.2 Å². The van der Waals surface area contributed by atoms with Crippen molar-refractivity contribution < 1.29 is 23.0 Å². The number of alkyl halides is 3. The van der Waals surface area contributed by atoms with Gasteiger partial charge in [0.15, 0.2) is 0 Å². The Morgan fingerprint density at radius 1 is 1.44 bits per heavy atom. The minimum absolute atomic E-state index is 0.249. The fraction of sp³-hybridized carbons (Fsp3) is 0.500. The zero-order valence-electron chi connectivity index (χ0n) is 8.71. The summed E-state index contributed by atoms with van der Waals surface area (Å²) in [5.41, 5.74) is 1.01. The summed E-state index contributed by atoms with van der Waals surface area (Å²) < 4.78 is 40.6. The van der Waals surface area contributed by atoms with Gasteiger partial charge >= 0.3 is 6.18 Å². The highest BCUT2D eigenvalue weighted by Gasteiger charge is 2.26. The molecule has 6 heteroatoms. The van der Waals surface area contributed by atoms with Crippen LogP contribution in [0.1, 0.15) is 17.7 Å². The van der Waals surface area contributed by atoms with Gasteiger partial charge in [0.25, 0.3) is 0 Å². The number of aliphatic hydroxyl groups excluding tert-OH is 1. The van der Waals surface area contributed by atoms with E-state index in [0.717, 1.165) is 0 Å². The molecule has 1 heterocycles. The van der Waals surface area contributed by atoms with Crippen LogP contribution in [0.2, 0.25) is 0 Å². The van der Waals surface area contributed by atoms with Gasteiger partial charge in [-0.15, -0.1) is 0 Å². The van der Waals surface area contributed by atoms with Gasteiger partial charge in [-0.1, -0.05) is 0 Å². The van der Waals surface area contributed by atoms with Crippen molar-refractivity contribution in [2.24, 2.45) is 0 Å². The molecule has 90 valence electrons. The van der Waals surface area contributed by atoms with Gasteiger partial charge in [0.2, 0.25) is 0 Å². The third-order valence-electron chi connectivity index (χ3n) is 1.89. The maximum Gasteiger partial charge on any atom is 0.392 e. The summed E-state index contributed by atoms with van der Waals surface area (Å²) in [6.07, 6.45) is -3.86. The number of ether oxygens (including phenoxy) is 1. The Morgan fingerprint density at radius 3 is 2.69 bits per heavy atom. The fourth-order valence-electron chi connectivity index (χ4n) is 1.09. The number of rotatable bonds is 4. The number of hydrogen-bond acceptors (Lipinski definition) is 3. The van der Waals surface area contributed by atoms with E-state index in [1.807, 2.05) is 0 Å². The number of pyridine rings is 1. The molecule has 1 aromatic heterocycles. The molecular weight excluding hydrogens is 223 g/mol. The second-order valence-electron chi connectivity index (χ2n) is 3.31. The van der Waals surface area contributed by atoms with E-state index in [2.05, 4.69) is 4.98 Å². The lowest BCUT2D eigenvalue weighted by molar-refractivity contribution is -0.139. The Bertz CT molecular complexity index is 352. The molecule has 1 rings (SSSR count). The van der Waals surface area contributed by atoms with Crippen LogP contribution in [0.15, 0.2) is 12.3 Å². The van der Waals surface area contributed by atoms with Gasteiger partial charge < -0.3 is 9.84 Å². The number of aliphatic hydroxyl groups is 1. The van der Waals surface area contributed by atoms with E-state index in [-0.39, 0.29) is 12.4 Å². The molecule has 0 aliphatic carbocycles. The smallest absolute Gasteiger partial charge is 0.392 e. The molecule has 0 atom stereocenters. The summed E-state index contributed by atoms with van der Waals surface area (Å²) in [7, 11) is 0. The molecule has 0 unspecified atom stereocenters. The van der Waals surface area contributed by atoms with E-state index in [4.69, 9.17) is 9.84 Å². The number of hydrogen-bond donors (Lipinski definition) is 1. The zero-order valence-corrected chi connectivity index (χ0v) is 8.71. The van der Waals surface area contributed by atoms with Gasteiger partial charge in [-0.05, 0) is 6.92 Å². The number of halogens is 3. The Kier molecular flexibility index (Phi) is 4.12. The molecule has 16 heavy (non-hydrogen) atoms. The molecule has 0 aliphatic heterocycles. The summed E-state index contributed by atoms with van der Waals surface area (Å²) in [5.74, 6) is 0.249. The fourth-order valence-corrected chi connectivity index (χ4v) is 1.09. The van der Waals surface area contributed by atoms with Crippen LogP contribution in [0.5, 0.6) is 5.75 Å². The van der Waals surface area contributed by atoms with E-state index in [1.54, 1.807) is 6.92 Å². The first-order chi connectivity index (χ1) is 7.42. The zero-order chi connectivity index (χ0) is 12.2. The first kappa shape index (κ1) is 12.8.